The van der Waals surface area contributed by atoms with E-state index >= 15 is 0 Å². The average molecular weight is 256 g/mol. The first kappa shape index (κ1) is 13.1. The second-order valence-corrected chi connectivity index (χ2v) is 4.10. The van der Waals surface area contributed by atoms with Gasteiger partial charge in [-0.15, -0.1) is 0 Å². The van der Waals surface area contributed by atoms with Crippen molar-refractivity contribution in [3.63, 3.8) is 0 Å². The fourth-order valence-electron chi connectivity index (χ4n) is 1.87. The molecule has 0 saturated heterocycles. The van der Waals surface area contributed by atoms with E-state index in [1.165, 1.54) is 0 Å². The Labute approximate surface area is 112 Å². The molecule has 0 spiro atoms. The minimum Gasteiger partial charge on any atom is -0.496 e. The summed E-state index contributed by atoms with van der Waals surface area (Å²) in [5.41, 5.74) is 1.73. The molecule has 98 valence electrons. The maximum Gasteiger partial charge on any atom is 0.150 e. The Morgan fingerprint density at radius 3 is 2.74 bits per heavy atom. The molecule has 0 aliphatic carbocycles. The molecule has 3 nitrogen and oxygen atoms in total. The molecular formula is C16H16O3. The highest BCUT2D eigenvalue weighted by Gasteiger charge is 2.02. The third-order valence-corrected chi connectivity index (χ3v) is 2.83. The van der Waals surface area contributed by atoms with Crippen molar-refractivity contribution in [1.82, 2.24) is 0 Å². The normalized spacial score (nSPS) is 9.95. The lowest BCUT2D eigenvalue weighted by Gasteiger charge is -2.09. The molecule has 0 heterocycles. The van der Waals surface area contributed by atoms with Crippen molar-refractivity contribution in [1.29, 1.82) is 0 Å². The molecule has 2 aromatic carbocycles. The van der Waals surface area contributed by atoms with Gasteiger partial charge in [-0.05, 0) is 23.8 Å². The first-order valence-electron chi connectivity index (χ1n) is 6.13. The van der Waals surface area contributed by atoms with E-state index in [0.29, 0.717) is 17.9 Å². The lowest BCUT2D eigenvalue weighted by Crippen LogP contribution is -2.03. The Bertz CT molecular complexity index is 549. The second-order valence-electron chi connectivity index (χ2n) is 4.10. The summed E-state index contributed by atoms with van der Waals surface area (Å²) < 4.78 is 10.9. The average Bonchev–Trinajstić information content (AvgIpc) is 2.48. The van der Waals surface area contributed by atoms with E-state index in [2.05, 4.69) is 0 Å². The van der Waals surface area contributed by atoms with Crippen molar-refractivity contribution >= 4 is 6.29 Å². The van der Waals surface area contributed by atoms with Crippen LogP contribution in [0, 0.1) is 0 Å². The van der Waals surface area contributed by atoms with Gasteiger partial charge in [0.1, 0.15) is 17.8 Å². The van der Waals surface area contributed by atoms with Crippen molar-refractivity contribution in [2.75, 3.05) is 13.7 Å². The molecule has 2 aromatic rings. The summed E-state index contributed by atoms with van der Waals surface area (Å²) in [4.78, 5) is 10.7. The summed E-state index contributed by atoms with van der Waals surface area (Å²) in [6.07, 6.45) is 1.57. The molecule has 0 N–H and O–H groups in total. The molecule has 0 amide bonds. The Kier molecular flexibility index (Phi) is 4.56. The van der Waals surface area contributed by atoms with Crippen LogP contribution in [-0.2, 0) is 6.42 Å². The monoisotopic (exact) mass is 256 g/mol. The number of hydrogen-bond donors (Lipinski definition) is 0. The van der Waals surface area contributed by atoms with Gasteiger partial charge in [-0.3, -0.25) is 4.79 Å². The van der Waals surface area contributed by atoms with E-state index in [4.69, 9.17) is 9.47 Å². The molecular weight excluding hydrogens is 240 g/mol. The van der Waals surface area contributed by atoms with E-state index in [1.807, 2.05) is 36.4 Å². The van der Waals surface area contributed by atoms with Crippen LogP contribution in [0.15, 0.2) is 48.5 Å². The summed E-state index contributed by atoms with van der Waals surface area (Å²) in [5.74, 6) is 1.58. The molecule has 0 bridgehead atoms. The van der Waals surface area contributed by atoms with Crippen LogP contribution in [0.4, 0.5) is 0 Å². The summed E-state index contributed by atoms with van der Waals surface area (Å²) >= 11 is 0. The number of carbonyl (C=O) groups is 1. The van der Waals surface area contributed by atoms with Crippen LogP contribution in [0.25, 0.3) is 0 Å². The topological polar surface area (TPSA) is 35.5 Å². The zero-order valence-corrected chi connectivity index (χ0v) is 10.8. The largest absolute Gasteiger partial charge is 0.496 e. The molecule has 0 aliphatic rings. The van der Waals surface area contributed by atoms with Crippen LogP contribution in [0.1, 0.15) is 15.9 Å². The highest BCUT2D eigenvalue weighted by Crippen LogP contribution is 2.18. The van der Waals surface area contributed by atoms with Crippen LogP contribution in [0.3, 0.4) is 0 Å². The SMILES string of the molecule is COc1ccccc1CCOc1cccc(C=O)c1. The first-order valence-corrected chi connectivity index (χ1v) is 6.13. The number of methoxy groups -OCH3 is 1. The van der Waals surface area contributed by atoms with Gasteiger partial charge in [0, 0.05) is 12.0 Å². The number of rotatable bonds is 6. The standard InChI is InChI=1S/C16H16O3/c1-18-16-8-3-2-6-14(16)9-10-19-15-7-4-5-13(11-15)12-17/h2-8,11-12H,9-10H2,1H3. The summed E-state index contributed by atoms with van der Waals surface area (Å²) in [6.45, 7) is 0.544. The quantitative estimate of drug-likeness (QED) is 0.745. The minimum absolute atomic E-state index is 0.544. The van der Waals surface area contributed by atoms with E-state index in [9.17, 15) is 4.79 Å². The third kappa shape index (κ3) is 3.58. The molecule has 0 aromatic heterocycles. The molecule has 0 unspecified atom stereocenters. The second kappa shape index (κ2) is 6.59. The Hall–Kier alpha value is -2.29. The maximum atomic E-state index is 10.7. The smallest absolute Gasteiger partial charge is 0.150 e. The van der Waals surface area contributed by atoms with E-state index in [-0.39, 0.29) is 0 Å². The van der Waals surface area contributed by atoms with E-state index in [1.54, 1.807) is 19.2 Å². The lowest BCUT2D eigenvalue weighted by molar-refractivity contribution is 0.112. The Morgan fingerprint density at radius 1 is 1.11 bits per heavy atom. The van der Waals surface area contributed by atoms with Crippen LogP contribution >= 0.6 is 0 Å². The molecule has 0 aliphatic heterocycles. The van der Waals surface area contributed by atoms with Gasteiger partial charge in [0.15, 0.2) is 0 Å². The zero-order valence-electron chi connectivity index (χ0n) is 10.8. The maximum absolute atomic E-state index is 10.7. The van der Waals surface area contributed by atoms with Gasteiger partial charge >= 0.3 is 0 Å². The number of ether oxygens (including phenoxy) is 2. The highest BCUT2D eigenvalue weighted by atomic mass is 16.5. The number of para-hydroxylation sites is 1. The Balaban J connectivity index is 1.94. The van der Waals surface area contributed by atoms with Crippen LogP contribution in [0.5, 0.6) is 11.5 Å². The van der Waals surface area contributed by atoms with Crippen molar-refractivity contribution < 1.29 is 14.3 Å². The van der Waals surface area contributed by atoms with Crippen molar-refractivity contribution in [3.05, 3.63) is 59.7 Å². The minimum atomic E-state index is 0.544. The van der Waals surface area contributed by atoms with Crippen LogP contribution in [-0.4, -0.2) is 20.0 Å². The number of hydrogen-bond acceptors (Lipinski definition) is 3. The van der Waals surface area contributed by atoms with Crippen LogP contribution in [0.2, 0.25) is 0 Å². The van der Waals surface area contributed by atoms with Gasteiger partial charge in [0.05, 0.1) is 13.7 Å². The Morgan fingerprint density at radius 2 is 1.95 bits per heavy atom. The molecule has 3 heteroatoms. The lowest BCUT2D eigenvalue weighted by atomic mass is 10.1. The predicted octanol–water partition coefficient (Wildman–Crippen LogP) is 3.13. The third-order valence-electron chi connectivity index (χ3n) is 2.83. The summed E-state index contributed by atoms with van der Waals surface area (Å²) in [7, 11) is 1.66. The van der Waals surface area contributed by atoms with E-state index in [0.717, 1.165) is 24.0 Å². The number of benzene rings is 2. The van der Waals surface area contributed by atoms with Crippen LogP contribution < -0.4 is 9.47 Å². The highest BCUT2D eigenvalue weighted by molar-refractivity contribution is 5.75. The molecule has 0 atom stereocenters. The van der Waals surface area contributed by atoms with Gasteiger partial charge in [-0.25, -0.2) is 0 Å². The molecule has 0 fully saturated rings. The number of aldehydes is 1. The molecule has 0 saturated carbocycles. The molecule has 2 rings (SSSR count). The van der Waals surface area contributed by atoms with Crippen molar-refractivity contribution in [2.24, 2.45) is 0 Å². The summed E-state index contributed by atoms with van der Waals surface area (Å²) in [5, 5.41) is 0. The molecule has 0 radical (unpaired) electrons. The van der Waals surface area contributed by atoms with Gasteiger partial charge in [-0.1, -0.05) is 30.3 Å². The van der Waals surface area contributed by atoms with Crippen molar-refractivity contribution in [3.8, 4) is 11.5 Å². The predicted molar refractivity (Wildman–Crippen MR) is 74.0 cm³/mol. The zero-order chi connectivity index (χ0) is 13.5. The van der Waals surface area contributed by atoms with Gasteiger partial charge in [-0.2, -0.15) is 0 Å². The fourth-order valence-corrected chi connectivity index (χ4v) is 1.87. The van der Waals surface area contributed by atoms with E-state index < -0.39 is 0 Å². The first-order chi connectivity index (χ1) is 9.33. The van der Waals surface area contributed by atoms with Crippen molar-refractivity contribution in [2.45, 2.75) is 6.42 Å². The van der Waals surface area contributed by atoms with Gasteiger partial charge in [0.25, 0.3) is 0 Å². The fraction of sp³-hybridized carbons (Fsp3) is 0.188. The number of carbonyl (C=O) groups excluding carboxylic acids is 1. The molecule has 19 heavy (non-hydrogen) atoms. The van der Waals surface area contributed by atoms with Gasteiger partial charge < -0.3 is 9.47 Å². The summed E-state index contributed by atoms with van der Waals surface area (Å²) in [6, 6.07) is 15.0. The van der Waals surface area contributed by atoms with Gasteiger partial charge in [0.2, 0.25) is 0 Å².